The number of methoxy groups -OCH3 is 1. The van der Waals surface area contributed by atoms with Crippen molar-refractivity contribution >= 4 is 5.91 Å². The summed E-state index contributed by atoms with van der Waals surface area (Å²) < 4.78 is 5.26. The third-order valence-electron chi connectivity index (χ3n) is 3.58. The molecule has 0 aliphatic heterocycles. The first-order chi connectivity index (χ1) is 7.35. The van der Waals surface area contributed by atoms with Crippen molar-refractivity contribution < 1.29 is 9.53 Å². The minimum Gasteiger partial charge on any atom is -0.377 e. The molecule has 4 nitrogen and oxygen atoms in total. The smallest absolute Gasteiger partial charge is 0.227 e. The van der Waals surface area contributed by atoms with Crippen molar-refractivity contribution in [2.75, 3.05) is 20.2 Å². The fourth-order valence-electron chi connectivity index (χ4n) is 2.27. The van der Waals surface area contributed by atoms with Gasteiger partial charge in [0, 0.05) is 20.2 Å². The molecule has 4 heteroatoms. The first kappa shape index (κ1) is 13.5. The molecule has 0 saturated heterocycles. The Kier molecular flexibility index (Phi) is 3.97. The average molecular weight is 228 g/mol. The van der Waals surface area contributed by atoms with Gasteiger partial charge >= 0.3 is 0 Å². The lowest BCUT2D eigenvalue weighted by Crippen LogP contribution is -2.55. The summed E-state index contributed by atoms with van der Waals surface area (Å²) in [6, 6.07) is 0. The first-order valence-corrected chi connectivity index (χ1v) is 5.89. The summed E-state index contributed by atoms with van der Waals surface area (Å²) in [7, 11) is 1.65. The highest BCUT2D eigenvalue weighted by atomic mass is 16.5. The maximum absolute atomic E-state index is 12.0. The Morgan fingerprint density at radius 1 is 1.56 bits per heavy atom. The first-order valence-electron chi connectivity index (χ1n) is 5.89. The van der Waals surface area contributed by atoms with Crippen LogP contribution in [-0.4, -0.2) is 31.7 Å². The van der Waals surface area contributed by atoms with Gasteiger partial charge in [0.1, 0.15) is 0 Å². The summed E-state index contributed by atoms with van der Waals surface area (Å²) in [6.07, 6.45) is 1.81. The van der Waals surface area contributed by atoms with Crippen LogP contribution in [0.2, 0.25) is 0 Å². The molecule has 0 aromatic heterocycles. The summed E-state index contributed by atoms with van der Waals surface area (Å²) in [5.41, 5.74) is 5.08. The molecule has 0 aromatic carbocycles. The standard InChI is InChI=1S/C12H24N2O2/c1-9-5-12(6-9,7-13)10(15)14-8-11(2,3)16-4/h9H,5-8,13H2,1-4H3,(H,14,15). The predicted molar refractivity (Wildman–Crippen MR) is 64.0 cm³/mol. The predicted octanol–water partition coefficient (Wildman–Crippen LogP) is 0.903. The summed E-state index contributed by atoms with van der Waals surface area (Å²) in [5, 5.41) is 2.94. The van der Waals surface area contributed by atoms with Crippen molar-refractivity contribution in [2.45, 2.75) is 39.2 Å². The Morgan fingerprint density at radius 3 is 2.50 bits per heavy atom. The van der Waals surface area contributed by atoms with E-state index in [9.17, 15) is 4.79 Å². The average Bonchev–Trinajstić information content (AvgIpc) is 2.21. The van der Waals surface area contributed by atoms with E-state index in [-0.39, 0.29) is 16.9 Å². The van der Waals surface area contributed by atoms with E-state index in [1.54, 1.807) is 7.11 Å². The Hall–Kier alpha value is -0.610. The van der Waals surface area contributed by atoms with Gasteiger partial charge in [-0.2, -0.15) is 0 Å². The zero-order valence-corrected chi connectivity index (χ0v) is 10.8. The van der Waals surface area contributed by atoms with Gasteiger partial charge in [-0.1, -0.05) is 6.92 Å². The molecule has 1 fully saturated rings. The lowest BCUT2D eigenvalue weighted by molar-refractivity contribution is -0.139. The molecule has 16 heavy (non-hydrogen) atoms. The third-order valence-corrected chi connectivity index (χ3v) is 3.58. The number of carbonyl (C=O) groups is 1. The quantitative estimate of drug-likeness (QED) is 0.735. The maximum Gasteiger partial charge on any atom is 0.227 e. The van der Waals surface area contributed by atoms with E-state index in [4.69, 9.17) is 10.5 Å². The molecule has 0 atom stereocenters. The molecular weight excluding hydrogens is 204 g/mol. The Balaban J connectivity index is 2.46. The van der Waals surface area contributed by atoms with Crippen LogP contribution < -0.4 is 11.1 Å². The lowest BCUT2D eigenvalue weighted by Gasteiger charge is -2.44. The van der Waals surface area contributed by atoms with Crippen molar-refractivity contribution in [3.63, 3.8) is 0 Å². The van der Waals surface area contributed by atoms with E-state index in [1.807, 2.05) is 13.8 Å². The summed E-state index contributed by atoms with van der Waals surface area (Å²) in [5.74, 6) is 0.697. The second-order valence-corrected chi connectivity index (χ2v) is 5.64. The van der Waals surface area contributed by atoms with Crippen LogP contribution in [0.25, 0.3) is 0 Å². The van der Waals surface area contributed by atoms with Gasteiger partial charge in [-0.15, -0.1) is 0 Å². The minimum atomic E-state index is -0.319. The van der Waals surface area contributed by atoms with Gasteiger partial charge in [-0.25, -0.2) is 0 Å². The number of nitrogens with one attached hydrogen (secondary N) is 1. The molecule has 1 saturated carbocycles. The number of nitrogens with two attached hydrogens (primary N) is 1. The van der Waals surface area contributed by atoms with Crippen LogP contribution in [0.4, 0.5) is 0 Å². The van der Waals surface area contributed by atoms with Gasteiger partial charge in [0.2, 0.25) is 5.91 Å². The summed E-state index contributed by atoms with van der Waals surface area (Å²) >= 11 is 0. The topological polar surface area (TPSA) is 64.3 Å². The lowest BCUT2D eigenvalue weighted by atomic mass is 9.62. The second kappa shape index (κ2) is 4.72. The SMILES string of the molecule is COC(C)(C)CNC(=O)C1(CN)CC(C)C1. The third kappa shape index (κ3) is 2.74. The van der Waals surface area contributed by atoms with Crippen molar-refractivity contribution in [1.29, 1.82) is 0 Å². The van der Waals surface area contributed by atoms with Crippen molar-refractivity contribution in [2.24, 2.45) is 17.1 Å². The van der Waals surface area contributed by atoms with Gasteiger partial charge in [-0.05, 0) is 32.6 Å². The fourth-order valence-corrected chi connectivity index (χ4v) is 2.27. The Morgan fingerprint density at radius 2 is 2.12 bits per heavy atom. The number of hydrogen-bond donors (Lipinski definition) is 2. The van der Waals surface area contributed by atoms with Crippen LogP contribution in [0, 0.1) is 11.3 Å². The largest absolute Gasteiger partial charge is 0.377 e. The highest BCUT2D eigenvalue weighted by molar-refractivity contribution is 5.84. The number of ether oxygens (including phenoxy) is 1. The monoisotopic (exact) mass is 228 g/mol. The molecule has 1 rings (SSSR count). The van der Waals surface area contributed by atoms with E-state index >= 15 is 0 Å². The van der Waals surface area contributed by atoms with Crippen molar-refractivity contribution in [1.82, 2.24) is 5.32 Å². The minimum absolute atomic E-state index is 0.0817. The van der Waals surface area contributed by atoms with E-state index in [1.165, 1.54) is 0 Å². The van der Waals surface area contributed by atoms with E-state index in [0.29, 0.717) is 19.0 Å². The number of amides is 1. The van der Waals surface area contributed by atoms with Gasteiger partial charge in [0.05, 0.1) is 11.0 Å². The highest BCUT2D eigenvalue weighted by Gasteiger charge is 2.47. The zero-order chi connectivity index (χ0) is 12.4. The van der Waals surface area contributed by atoms with Crippen molar-refractivity contribution in [3.8, 4) is 0 Å². The summed E-state index contributed by atoms with van der Waals surface area (Å²) in [6.45, 7) is 7.02. The van der Waals surface area contributed by atoms with E-state index in [0.717, 1.165) is 12.8 Å². The van der Waals surface area contributed by atoms with Gasteiger partial charge in [-0.3, -0.25) is 4.79 Å². The molecule has 0 radical (unpaired) electrons. The van der Waals surface area contributed by atoms with E-state index < -0.39 is 0 Å². The molecule has 0 bridgehead atoms. The van der Waals surface area contributed by atoms with Gasteiger partial charge in [0.15, 0.2) is 0 Å². The van der Waals surface area contributed by atoms with Crippen molar-refractivity contribution in [3.05, 3.63) is 0 Å². The summed E-state index contributed by atoms with van der Waals surface area (Å²) in [4.78, 5) is 12.0. The fraction of sp³-hybridized carbons (Fsp3) is 0.917. The van der Waals surface area contributed by atoms with Crippen LogP contribution in [0.5, 0.6) is 0 Å². The van der Waals surface area contributed by atoms with Gasteiger partial charge < -0.3 is 15.8 Å². The van der Waals surface area contributed by atoms with Crippen LogP contribution in [0.3, 0.4) is 0 Å². The molecule has 0 aromatic rings. The molecule has 0 spiro atoms. The molecule has 94 valence electrons. The second-order valence-electron chi connectivity index (χ2n) is 5.64. The van der Waals surface area contributed by atoms with Crippen LogP contribution in [0.1, 0.15) is 33.6 Å². The molecule has 1 aliphatic rings. The molecule has 3 N–H and O–H groups in total. The molecule has 1 aliphatic carbocycles. The Labute approximate surface area is 97.9 Å². The molecule has 0 unspecified atom stereocenters. The number of carbonyl (C=O) groups excluding carboxylic acids is 1. The number of hydrogen-bond acceptors (Lipinski definition) is 3. The zero-order valence-electron chi connectivity index (χ0n) is 10.8. The normalized spacial score (nSPS) is 29.7. The van der Waals surface area contributed by atoms with Crippen LogP contribution in [0.15, 0.2) is 0 Å². The van der Waals surface area contributed by atoms with E-state index in [2.05, 4.69) is 12.2 Å². The van der Waals surface area contributed by atoms with Crippen LogP contribution >= 0.6 is 0 Å². The van der Waals surface area contributed by atoms with Crippen LogP contribution in [-0.2, 0) is 9.53 Å². The Bertz CT molecular complexity index is 258. The molecule has 0 heterocycles. The maximum atomic E-state index is 12.0. The molecule has 1 amide bonds. The highest BCUT2D eigenvalue weighted by Crippen LogP contribution is 2.44. The van der Waals surface area contributed by atoms with Gasteiger partial charge in [0.25, 0.3) is 0 Å². The molecular formula is C12H24N2O2. The number of rotatable bonds is 5.